The van der Waals surface area contributed by atoms with E-state index >= 15 is 0 Å². The van der Waals surface area contributed by atoms with Crippen LogP contribution >= 0.6 is 0 Å². The predicted molar refractivity (Wildman–Crippen MR) is 65.3 cm³/mol. The molecule has 1 amide bonds. The van der Waals surface area contributed by atoms with E-state index < -0.39 is 5.82 Å². The lowest BCUT2D eigenvalue weighted by Gasteiger charge is -2.29. The first-order chi connectivity index (χ1) is 8.18. The number of hydrogen-bond donors (Lipinski definition) is 1. The fourth-order valence-corrected chi connectivity index (χ4v) is 2.42. The Balaban J connectivity index is 2.04. The highest BCUT2D eigenvalue weighted by molar-refractivity contribution is 5.94. The molecule has 0 spiro atoms. The molecule has 1 N–H and O–H groups in total. The van der Waals surface area contributed by atoms with Crippen molar-refractivity contribution in [1.82, 2.24) is 5.32 Å². The Labute approximate surface area is 101 Å². The Kier molecular flexibility index (Phi) is 3.77. The van der Waals surface area contributed by atoms with Gasteiger partial charge in [-0.2, -0.15) is 0 Å². The molecule has 1 fully saturated rings. The number of rotatable bonds is 2. The van der Waals surface area contributed by atoms with Gasteiger partial charge in [0.15, 0.2) is 0 Å². The van der Waals surface area contributed by atoms with Crippen LogP contribution in [0.1, 0.15) is 43.0 Å². The Hall–Kier alpha value is -1.38. The van der Waals surface area contributed by atoms with Crippen LogP contribution in [0, 0.1) is 11.7 Å². The fraction of sp³-hybridized carbons (Fsp3) is 0.500. The average Bonchev–Trinajstić information content (AvgIpc) is 2.32. The number of amides is 1. The minimum atomic E-state index is -0.450. The normalized spacial score (nSPS) is 24.4. The monoisotopic (exact) mass is 235 g/mol. The van der Waals surface area contributed by atoms with Crippen molar-refractivity contribution in [2.45, 2.75) is 38.6 Å². The molecule has 1 aliphatic carbocycles. The molecule has 0 unspecified atom stereocenters. The highest BCUT2D eigenvalue weighted by Crippen LogP contribution is 2.24. The fourth-order valence-electron chi connectivity index (χ4n) is 2.42. The first-order valence-electron chi connectivity index (χ1n) is 6.24. The molecule has 0 bridgehead atoms. The second-order valence-corrected chi connectivity index (χ2v) is 4.82. The maximum absolute atomic E-state index is 13.4. The van der Waals surface area contributed by atoms with Crippen LogP contribution < -0.4 is 5.32 Å². The molecule has 2 rings (SSSR count). The van der Waals surface area contributed by atoms with Crippen LogP contribution in [0.5, 0.6) is 0 Å². The third kappa shape index (κ3) is 2.84. The van der Waals surface area contributed by atoms with E-state index in [1.807, 2.05) is 0 Å². The average molecular weight is 235 g/mol. The van der Waals surface area contributed by atoms with Crippen LogP contribution in [-0.4, -0.2) is 11.9 Å². The van der Waals surface area contributed by atoms with Crippen LogP contribution in [0.2, 0.25) is 0 Å². The van der Waals surface area contributed by atoms with Crippen LogP contribution in [0.25, 0.3) is 0 Å². The van der Waals surface area contributed by atoms with Crippen molar-refractivity contribution >= 4 is 5.91 Å². The predicted octanol–water partition coefficient (Wildman–Crippen LogP) is 3.13. The molecule has 0 aromatic heterocycles. The zero-order chi connectivity index (χ0) is 12.3. The van der Waals surface area contributed by atoms with Crippen LogP contribution in [0.15, 0.2) is 24.3 Å². The highest BCUT2D eigenvalue weighted by atomic mass is 19.1. The van der Waals surface area contributed by atoms with E-state index in [9.17, 15) is 9.18 Å². The maximum atomic E-state index is 13.4. The van der Waals surface area contributed by atoms with Gasteiger partial charge in [0.05, 0.1) is 5.56 Å². The van der Waals surface area contributed by atoms with E-state index in [1.165, 1.54) is 18.6 Å². The van der Waals surface area contributed by atoms with E-state index in [-0.39, 0.29) is 17.5 Å². The van der Waals surface area contributed by atoms with Crippen molar-refractivity contribution in [3.8, 4) is 0 Å². The first kappa shape index (κ1) is 12.1. The first-order valence-corrected chi connectivity index (χ1v) is 6.24. The molecule has 1 aromatic carbocycles. The zero-order valence-electron chi connectivity index (χ0n) is 10.1. The summed E-state index contributed by atoms with van der Waals surface area (Å²) in [4.78, 5) is 11.9. The van der Waals surface area contributed by atoms with Gasteiger partial charge in [-0.1, -0.05) is 31.9 Å². The van der Waals surface area contributed by atoms with Crippen molar-refractivity contribution < 1.29 is 9.18 Å². The molecule has 0 radical (unpaired) electrons. The second kappa shape index (κ2) is 5.30. The molecule has 3 heteroatoms. The summed E-state index contributed by atoms with van der Waals surface area (Å²) in [6.45, 7) is 2.14. The minimum absolute atomic E-state index is 0.144. The number of hydrogen-bond acceptors (Lipinski definition) is 1. The molecule has 1 aliphatic rings. The number of halogens is 1. The Morgan fingerprint density at radius 1 is 1.29 bits per heavy atom. The molecule has 1 aromatic rings. The van der Waals surface area contributed by atoms with Gasteiger partial charge >= 0.3 is 0 Å². The molecular formula is C14H18FNO. The van der Waals surface area contributed by atoms with Crippen molar-refractivity contribution in [2.24, 2.45) is 5.92 Å². The third-order valence-corrected chi connectivity index (χ3v) is 3.55. The molecule has 92 valence electrons. The van der Waals surface area contributed by atoms with Gasteiger partial charge in [-0.05, 0) is 30.9 Å². The summed E-state index contributed by atoms with van der Waals surface area (Å²) in [6.07, 6.45) is 4.52. The largest absolute Gasteiger partial charge is 0.349 e. The smallest absolute Gasteiger partial charge is 0.254 e. The van der Waals surface area contributed by atoms with Crippen LogP contribution in [0.4, 0.5) is 4.39 Å². The Bertz CT molecular complexity index is 405. The lowest BCUT2D eigenvalue weighted by atomic mass is 9.86. The second-order valence-electron chi connectivity index (χ2n) is 4.82. The molecule has 2 atom stereocenters. The topological polar surface area (TPSA) is 29.1 Å². The van der Waals surface area contributed by atoms with Gasteiger partial charge in [-0.15, -0.1) is 0 Å². The lowest BCUT2D eigenvalue weighted by molar-refractivity contribution is 0.0906. The van der Waals surface area contributed by atoms with E-state index in [0.29, 0.717) is 5.92 Å². The van der Waals surface area contributed by atoms with E-state index in [2.05, 4.69) is 12.2 Å². The summed E-state index contributed by atoms with van der Waals surface area (Å²) in [5, 5.41) is 2.95. The van der Waals surface area contributed by atoms with Gasteiger partial charge in [-0.25, -0.2) is 4.39 Å². The summed E-state index contributed by atoms with van der Waals surface area (Å²) in [7, 11) is 0. The molecule has 0 heterocycles. The minimum Gasteiger partial charge on any atom is -0.349 e. The SMILES string of the molecule is C[C@@H]1CCCC[C@H]1NC(=O)c1ccccc1F. The molecular weight excluding hydrogens is 217 g/mol. The Morgan fingerprint density at radius 2 is 2.00 bits per heavy atom. The van der Waals surface area contributed by atoms with Gasteiger partial charge < -0.3 is 5.32 Å². The summed E-state index contributed by atoms with van der Waals surface area (Å²) >= 11 is 0. The number of benzene rings is 1. The molecule has 0 aliphatic heterocycles. The Morgan fingerprint density at radius 3 is 2.71 bits per heavy atom. The van der Waals surface area contributed by atoms with Crippen molar-refractivity contribution in [3.05, 3.63) is 35.6 Å². The number of carbonyl (C=O) groups excluding carboxylic acids is 1. The van der Waals surface area contributed by atoms with Gasteiger partial charge in [0.2, 0.25) is 0 Å². The molecule has 1 saturated carbocycles. The van der Waals surface area contributed by atoms with Gasteiger partial charge in [0.1, 0.15) is 5.82 Å². The molecule has 0 saturated heterocycles. The lowest BCUT2D eigenvalue weighted by Crippen LogP contribution is -2.41. The standard InChI is InChI=1S/C14H18FNO/c1-10-6-2-5-9-13(10)16-14(17)11-7-3-4-8-12(11)15/h3-4,7-8,10,13H,2,5-6,9H2,1H3,(H,16,17)/t10-,13-/m1/s1. The number of nitrogens with one attached hydrogen (secondary N) is 1. The van der Waals surface area contributed by atoms with Crippen molar-refractivity contribution in [1.29, 1.82) is 0 Å². The number of carbonyl (C=O) groups is 1. The summed E-state index contributed by atoms with van der Waals surface area (Å²) in [6, 6.07) is 6.31. The van der Waals surface area contributed by atoms with Gasteiger partial charge in [0, 0.05) is 6.04 Å². The quantitative estimate of drug-likeness (QED) is 0.838. The van der Waals surface area contributed by atoms with Gasteiger partial charge in [0.25, 0.3) is 5.91 Å². The highest BCUT2D eigenvalue weighted by Gasteiger charge is 2.23. The third-order valence-electron chi connectivity index (χ3n) is 3.55. The zero-order valence-corrected chi connectivity index (χ0v) is 10.1. The van der Waals surface area contributed by atoms with Crippen LogP contribution in [-0.2, 0) is 0 Å². The molecule has 17 heavy (non-hydrogen) atoms. The van der Waals surface area contributed by atoms with Crippen molar-refractivity contribution in [2.75, 3.05) is 0 Å². The summed E-state index contributed by atoms with van der Waals surface area (Å²) < 4.78 is 13.4. The van der Waals surface area contributed by atoms with E-state index in [0.717, 1.165) is 19.3 Å². The summed E-state index contributed by atoms with van der Waals surface area (Å²) in [5.41, 5.74) is 0.144. The maximum Gasteiger partial charge on any atom is 0.254 e. The van der Waals surface area contributed by atoms with E-state index in [4.69, 9.17) is 0 Å². The molecule has 2 nitrogen and oxygen atoms in total. The van der Waals surface area contributed by atoms with Crippen LogP contribution in [0.3, 0.4) is 0 Å². The van der Waals surface area contributed by atoms with Gasteiger partial charge in [-0.3, -0.25) is 4.79 Å². The summed E-state index contributed by atoms with van der Waals surface area (Å²) in [5.74, 6) is -0.255. The van der Waals surface area contributed by atoms with E-state index in [1.54, 1.807) is 12.1 Å². The van der Waals surface area contributed by atoms with Crippen molar-refractivity contribution in [3.63, 3.8) is 0 Å².